The van der Waals surface area contributed by atoms with Gasteiger partial charge in [-0.3, -0.25) is 14.5 Å². The summed E-state index contributed by atoms with van der Waals surface area (Å²) in [5.74, 6) is 2.14. The Morgan fingerprint density at radius 2 is 1.78 bits per heavy atom. The molecule has 1 saturated heterocycles. The Morgan fingerprint density at radius 1 is 1.00 bits per heavy atom. The summed E-state index contributed by atoms with van der Waals surface area (Å²) in [6, 6.07) is 23.2. The van der Waals surface area contributed by atoms with Crippen molar-refractivity contribution in [1.82, 2.24) is 15.1 Å². The van der Waals surface area contributed by atoms with Gasteiger partial charge in [-0.2, -0.15) is 5.10 Å². The Kier molecular flexibility index (Phi) is 9.27. The molecule has 234 valence electrons. The number of anilines is 1. The fourth-order valence-corrected chi connectivity index (χ4v) is 6.93. The summed E-state index contributed by atoms with van der Waals surface area (Å²) in [6.07, 6.45) is 1.87. The highest BCUT2D eigenvalue weighted by Gasteiger charge is 2.38. The SMILES string of the molecule is COc1ccc(-n2nc(-c3ccccc3)c3c2N(CC(=O)NC[C@@H]2CCCO2)C(=O)CS[C@H]3c2ccc(OC)c(OC)c2)cc1. The van der Waals surface area contributed by atoms with Gasteiger partial charge in [0.05, 0.1) is 49.8 Å². The minimum absolute atomic E-state index is 0.0103. The second-order valence-corrected chi connectivity index (χ2v) is 11.9. The molecule has 1 N–H and O–H groups in total. The summed E-state index contributed by atoms with van der Waals surface area (Å²) in [4.78, 5) is 29.0. The highest BCUT2D eigenvalue weighted by Crippen LogP contribution is 2.49. The van der Waals surface area contributed by atoms with Gasteiger partial charge in [-0.05, 0) is 54.8 Å². The quantitative estimate of drug-likeness (QED) is 0.261. The van der Waals surface area contributed by atoms with Gasteiger partial charge in [0.15, 0.2) is 11.5 Å². The van der Waals surface area contributed by atoms with Gasteiger partial charge in [-0.1, -0.05) is 36.4 Å². The summed E-state index contributed by atoms with van der Waals surface area (Å²) in [5, 5.41) is 7.82. The van der Waals surface area contributed by atoms with Crippen molar-refractivity contribution >= 4 is 29.4 Å². The maximum absolute atomic E-state index is 14.0. The predicted molar refractivity (Wildman–Crippen MR) is 174 cm³/mol. The Labute approximate surface area is 266 Å². The number of hydrogen-bond acceptors (Lipinski definition) is 8. The van der Waals surface area contributed by atoms with Crippen LogP contribution in [0, 0.1) is 0 Å². The van der Waals surface area contributed by atoms with Crippen molar-refractivity contribution in [1.29, 1.82) is 0 Å². The molecule has 0 aliphatic carbocycles. The molecule has 1 fully saturated rings. The number of amides is 2. The van der Waals surface area contributed by atoms with E-state index >= 15 is 0 Å². The van der Waals surface area contributed by atoms with E-state index in [1.54, 1.807) is 30.9 Å². The molecule has 11 heteroatoms. The molecule has 0 bridgehead atoms. The summed E-state index contributed by atoms with van der Waals surface area (Å²) in [7, 11) is 4.82. The van der Waals surface area contributed by atoms with E-state index in [4.69, 9.17) is 24.0 Å². The lowest BCUT2D eigenvalue weighted by atomic mass is 9.99. The van der Waals surface area contributed by atoms with Gasteiger partial charge in [0.2, 0.25) is 11.8 Å². The van der Waals surface area contributed by atoms with Gasteiger partial charge < -0.3 is 24.3 Å². The first kappa shape index (κ1) is 30.5. The highest BCUT2D eigenvalue weighted by atomic mass is 32.2. The van der Waals surface area contributed by atoms with Crippen LogP contribution in [-0.4, -0.2) is 74.5 Å². The minimum Gasteiger partial charge on any atom is -0.497 e. The molecular formula is C34H36N4O6S. The maximum Gasteiger partial charge on any atom is 0.240 e. The van der Waals surface area contributed by atoms with E-state index in [1.165, 1.54) is 11.8 Å². The van der Waals surface area contributed by atoms with Gasteiger partial charge in [-0.15, -0.1) is 11.8 Å². The molecule has 6 rings (SSSR count). The van der Waals surface area contributed by atoms with E-state index in [1.807, 2.05) is 72.8 Å². The van der Waals surface area contributed by atoms with E-state index < -0.39 is 0 Å². The monoisotopic (exact) mass is 628 g/mol. The first-order valence-electron chi connectivity index (χ1n) is 14.9. The van der Waals surface area contributed by atoms with Crippen molar-refractivity contribution < 1.29 is 28.5 Å². The van der Waals surface area contributed by atoms with E-state index in [-0.39, 0.29) is 35.5 Å². The second kappa shape index (κ2) is 13.7. The number of carbonyl (C=O) groups excluding carboxylic acids is 2. The normalized spacial score (nSPS) is 17.8. The van der Waals surface area contributed by atoms with Crippen LogP contribution in [-0.2, 0) is 14.3 Å². The first-order valence-corrected chi connectivity index (χ1v) is 15.9. The zero-order valence-corrected chi connectivity index (χ0v) is 26.3. The molecule has 45 heavy (non-hydrogen) atoms. The van der Waals surface area contributed by atoms with Crippen LogP contribution >= 0.6 is 11.8 Å². The van der Waals surface area contributed by atoms with Crippen LogP contribution in [0.5, 0.6) is 17.2 Å². The highest BCUT2D eigenvalue weighted by molar-refractivity contribution is 8.00. The number of fused-ring (bicyclic) bond motifs is 1. The number of aromatic nitrogens is 2. The van der Waals surface area contributed by atoms with Gasteiger partial charge in [0.1, 0.15) is 18.1 Å². The number of benzene rings is 3. The average Bonchev–Trinajstić information content (AvgIpc) is 3.72. The van der Waals surface area contributed by atoms with Gasteiger partial charge in [-0.25, -0.2) is 4.68 Å². The van der Waals surface area contributed by atoms with Crippen molar-refractivity contribution in [3.8, 4) is 34.2 Å². The summed E-state index contributed by atoms with van der Waals surface area (Å²) in [5.41, 5.74) is 4.08. The maximum atomic E-state index is 14.0. The number of hydrogen-bond donors (Lipinski definition) is 1. The number of nitrogens with zero attached hydrogens (tertiary/aromatic N) is 3. The van der Waals surface area contributed by atoms with Crippen molar-refractivity contribution in [3.63, 3.8) is 0 Å². The number of nitrogens with one attached hydrogen (secondary N) is 1. The van der Waals surface area contributed by atoms with E-state index in [2.05, 4.69) is 5.32 Å². The Bertz CT molecular complexity index is 1650. The van der Waals surface area contributed by atoms with Crippen molar-refractivity contribution in [2.45, 2.75) is 24.2 Å². The molecule has 0 saturated carbocycles. The Balaban J connectivity index is 1.53. The molecule has 3 heterocycles. The molecular weight excluding hydrogens is 592 g/mol. The standard InChI is InChI=1S/C34H36N4O6S/c1-41-25-14-12-24(13-15-25)38-34-31(32(36-38)22-8-5-4-6-9-22)33(23-11-16-27(42-2)28(18-23)43-3)45-21-30(40)37(34)20-29(39)35-19-26-10-7-17-44-26/h4-6,8-9,11-16,18,26,33H,7,10,17,19-21H2,1-3H3,(H,35,39)/t26-,33-/m0/s1. The third-order valence-corrected chi connectivity index (χ3v) is 9.27. The van der Waals surface area contributed by atoms with Crippen molar-refractivity contribution in [3.05, 3.63) is 83.9 Å². The fraction of sp³-hybridized carbons (Fsp3) is 0.324. The number of ether oxygens (including phenoxy) is 4. The van der Waals surface area contributed by atoms with Crippen LogP contribution in [0.2, 0.25) is 0 Å². The number of methoxy groups -OCH3 is 3. The minimum atomic E-state index is -0.314. The lowest BCUT2D eigenvalue weighted by Gasteiger charge is -2.24. The van der Waals surface area contributed by atoms with Gasteiger partial charge in [0.25, 0.3) is 0 Å². The van der Waals surface area contributed by atoms with E-state index in [0.29, 0.717) is 41.9 Å². The van der Waals surface area contributed by atoms with Crippen LogP contribution in [0.4, 0.5) is 5.82 Å². The summed E-state index contributed by atoms with van der Waals surface area (Å²) < 4.78 is 24.0. The lowest BCUT2D eigenvalue weighted by molar-refractivity contribution is -0.123. The molecule has 2 amide bonds. The van der Waals surface area contributed by atoms with Gasteiger partial charge >= 0.3 is 0 Å². The largest absolute Gasteiger partial charge is 0.497 e. The molecule has 3 aromatic carbocycles. The van der Waals surface area contributed by atoms with Crippen LogP contribution in [0.15, 0.2) is 72.8 Å². The van der Waals surface area contributed by atoms with Crippen LogP contribution in [0.25, 0.3) is 16.9 Å². The molecule has 0 unspecified atom stereocenters. The number of rotatable bonds is 10. The summed E-state index contributed by atoms with van der Waals surface area (Å²) >= 11 is 1.50. The summed E-state index contributed by atoms with van der Waals surface area (Å²) in [6.45, 7) is 0.949. The van der Waals surface area contributed by atoms with E-state index in [0.717, 1.165) is 35.2 Å². The van der Waals surface area contributed by atoms with Crippen LogP contribution in [0.3, 0.4) is 0 Å². The lowest BCUT2D eigenvalue weighted by Crippen LogP contribution is -2.44. The molecule has 10 nitrogen and oxygen atoms in total. The Morgan fingerprint density at radius 3 is 2.47 bits per heavy atom. The van der Waals surface area contributed by atoms with Crippen molar-refractivity contribution in [2.24, 2.45) is 0 Å². The molecule has 2 aliphatic rings. The third-order valence-electron chi connectivity index (χ3n) is 8.02. The van der Waals surface area contributed by atoms with Crippen LogP contribution in [0.1, 0.15) is 29.2 Å². The first-order chi connectivity index (χ1) is 22.0. The van der Waals surface area contributed by atoms with E-state index in [9.17, 15) is 9.59 Å². The zero-order valence-electron chi connectivity index (χ0n) is 25.5. The van der Waals surface area contributed by atoms with Gasteiger partial charge in [0, 0.05) is 24.3 Å². The van der Waals surface area contributed by atoms with Crippen LogP contribution < -0.4 is 24.4 Å². The average molecular weight is 629 g/mol. The smallest absolute Gasteiger partial charge is 0.240 e. The fourth-order valence-electron chi connectivity index (χ4n) is 5.74. The molecule has 4 aromatic rings. The molecule has 0 spiro atoms. The molecule has 0 radical (unpaired) electrons. The second-order valence-electron chi connectivity index (χ2n) is 10.8. The number of carbonyl (C=O) groups is 2. The number of thioether (sulfide) groups is 1. The third kappa shape index (κ3) is 6.36. The zero-order chi connectivity index (χ0) is 31.3. The van der Waals surface area contributed by atoms with Crippen molar-refractivity contribution in [2.75, 3.05) is 51.7 Å². The molecule has 2 aliphatic heterocycles. The molecule has 1 aromatic heterocycles. The Hall–Kier alpha value is -4.48. The predicted octanol–water partition coefficient (Wildman–Crippen LogP) is 5.03. The topological polar surface area (TPSA) is 104 Å². The molecule has 2 atom stereocenters.